The molecule has 3 nitrogen and oxygen atoms in total. The first kappa shape index (κ1) is 14.1. The number of nitrogens with one attached hydrogen (secondary N) is 1. The highest BCUT2D eigenvalue weighted by Gasteiger charge is 2.39. The average Bonchev–Trinajstić information content (AvgIpc) is 2.87. The van der Waals surface area contributed by atoms with Crippen LogP contribution in [0.3, 0.4) is 0 Å². The minimum absolute atomic E-state index is 0.388. The monoisotopic (exact) mass is 295 g/mol. The summed E-state index contributed by atoms with van der Waals surface area (Å²) in [5.74, 6) is -0.829. The maximum atomic E-state index is 13.3. The first-order valence-electron chi connectivity index (χ1n) is 6.98. The van der Waals surface area contributed by atoms with Gasteiger partial charge in [-0.3, -0.25) is 4.57 Å². The predicted molar refractivity (Wildman–Crippen MR) is 73.4 cm³/mol. The Morgan fingerprint density at radius 1 is 1.33 bits per heavy atom. The quantitative estimate of drug-likeness (QED) is 0.922. The molecule has 2 aromatic rings. The van der Waals surface area contributed by atoms with Crippen LogP contribution in [0.15, 0.2) is 24.3 Å². The second kappa shape index (κ2) is 5.18. The SMILES string of the molecule is CCc1cccc(-n2c(C(F)(F)F)nc3c2CCNC3)c1. The van der Waals surface area contributed by atoms with Crippen LogP contribution in [0.4, 0.5) is 13.2 Å². The molecule has 0 spiro atoms. The lowest BCUT2D eigenvalue weighted by atomic mass is 10.1. The van der Waals surface area contributed by atoms with Crippen LogP contribution in [0, 0.1) is 0 Å². The molecule has 0 atom stereocenters. The fourth-order valence-electron chi connectivity index (χ4n) is 2.69. The van der Waals surface area contributed by atoms with Gasteiger partial charge in [-0.1, -0.05) is 19.1 Å². The van der Waals surface area contributed by atoms with Gasteiger partial charge in [-0.15, -0.1) is 0 Å². The highest BCUT2D eigenvalue weighted by molar-refractivity contribution is 5.41. The van der Waals surface area contributed by atoms with E-state index in [1.54, 1.807) is 18.2 Å². The topological polar surface area (TPSA) is 29.9 Å². The normalized spacial score (nSPS) is 15.0. The van der Waals surface area contributed by atoms with Crippen molar-refractivity contribution < 1.29 is 13.2 Å². The fraction of sp³-hybridized carbons (Fsp3) is 0.400. The first-order valence-corrected chi connectivity index (χ1v) is 6.98. The molecule has 1 aromatic carbocycles. The Kier molecular flexibility index (Phi) is 3.49. The molecule has 1 aromatic heterocycles. The van der Waals surface area contributed by atoms with E-state index in [0.29, 0.717) is 36.6 Å². The summed E-state index contributed by atoms with van der Waals surface area (Å²) < 4.78 is 41.2. The summed E-state index contributed by atoms with van der Waals surface area (Å²) in [6, 6.07) is 7.22. The van der Waals surface area contributed by atoms with E-state index in [1.807, 2.05) is 13.0 Å². The molecule has 1 aliphatic rings. The molecule has 0 radical (unpaired) electrons. The van der Waals surface area contributed by atoms with Crippen LogP contribution in [0.25, 0.3) is 5.69 Å². The molecule has 0 fully saturated rings. The molecular weight excluding hydrogens is 279 g/mol. The van der Waals surface area contributed by atoms with Crippen LogP contribution in [-0.2, 0) is 25.6 Å². The second-order valence-electron chi connectivity index (χ2n) is 5.11. The lowest BCUT2D eigenvalue weighted by molar-refractivity contribution is -0.146. The summed E-state index contributed by atoms with van der Waals surface area (Å²) >= 11 is 0. The van der Waals surface area contributed by atoms with Crippen LogP contribution >= 0.6 is 0 Å². The third-order valence-electron chi connectivity index (χ3n) is 3.72. The maximum absolute atomic E-state index is 13.3. The van der Waals surface area contributed by atoms with Crippen molar-refractivity contribution in [1.82, 2.24) is 14.9 Å². The molecule has 3 rings (SSSR count). The number of benzene rings is 1. The zero-order valence-electron chi connectivity index (χ0n) is 11.7. The van der Waals surface area contributed by atoms with Crippen molar-refractivity contribution in [3.05, 3.63) is 47.0 Å². The van der Waals surface area contributed by atoms with Gasteiger partial charge in [-0.05, 0) is 24.1 Å². The van der Waals surface area contributed by atoms with Gasteiger partial charge in [0, 0.05) is 30.9 Å². The average molecular weight is 295 g/mol. The summed E-state index contributed by atoms with van der Waals surface area (Å²) in [5, 5.41) is 3.06. The summed E-state index contributed by atoms with van der Waals surface area (Å²) in [4.78, 5) is 3.83. The molecule has 6 heteroatoms. The molecule has 0 unspecified atom stereocenters. The Morgan fingerprint density at radius 2 is 2.14 bits per heavy atom. The summed E-state index contributed by atoms with van der Waals surface area (Å²) in [7, 11) is 0. The number of hydrogen-bond acceptors (Lipinski definition) is 2. The lowest BCUT2D eigenvalue weighted by Crippen LogP contribution is -2.25. The number of nitrogens with zero attached hydrogens (tertiary/aromatic N) is 2. The number of hydrogen-bond donors (Lipinski definition) is 1. The minimum atomic E-state index is -4.46. The van der Waals surface area contributed by atoms with E-state index < -0.39 is 12.0 Å². The number of aromatic nitrogens is 2. The highest BCUT2D eigenvalue weighted by Crippen LogP contribution is 2.33. The van der Waals surface area contributed by atoms with Gasteiger partial charge in [-0.25, -0.2) is 4.98 Å². The molecule has 1 N–H and O–H groups in total. The number of imidazole rings is 1. The Bertz CT molecular complexity index is 659. The van der Waals surface area contributed by atoms with Crippen molar-refractivity contribution in [1.29, 1.82) is 0 Å². The van der Waals surface area contributed by atoms with Crippen molar-refractivity contribution in [3.63, 3.8) is 0 Å². The lowest BCUT2D eigenvalue weighted by Gasteiger charge is -2.17. The van der Waals surface area contributed by atoms with Gasteiger partial charge < -0.3 is 5.32 Å². The molecule has 21 heavy (non-hydrogen) atoms. The van der Waals surface area contributed by atoms with Crippen molar-refractivity contribution in [2.24, 2.45) is 0 Å². The Morgan fingerprint density at radius 3 is 2.86 bits per heavy atom. The molecule has 0 bridgehead atoms. The van der Waals surface area contributed by atoms with Gasteiger partial charge in [0.15, 0.2) is 0 Å². The predicted octanol–water partition coefficient (Wildman–Crippen LogP) is 3.10. The number of halogens is 3. The van der Waals surface area contributed by atoms with E-state index in [-0.39, 0.29) is 0 Å². The van der Waals surface area contributed by atoms with Crippen LogP contribution in [0.1, 0.15) is 29.7 Å². The standard InChI is InChI=1S/C15H16F3N3/c1-2-10-4-3-5-11(8-10)21-13-6-7-19-9-12(13)20-14(21)15(16,17)18/h3-5,8,19H,2,6-7,9H2,1H3. The zero-order chi connectivity index (χ0) is 15.0. The van der Waals surface area contributed by atoms with Crippen molar-refractivity contribution >= 4 is 0 Å². The maximum Gasteiger partial charge on any atom is 0.450 e. The van der Waals surface area contributed by atoms with Crippen LogP contribution in [0.5, 0.6) is 0 Å². The summed E-state index contributed by atoms with van der Waals surface area (Å²) in [6.07, 6.45) is -3.12. The number of fused-ring (bicyclic) bond motifs is 1. The molecule has 0 saturated heterocycles. The van der Waals surface area contributed by atoms with E-state index in [0.717, 1.165) is 12.0 Å². The molecule has 2 heterocycles. The van der Waals surface area contributed by atoms with Gasteiger partial charge in [0.2, 0.25) is 5.82 Å². The minimum Gasteiger partial charge on any atom is -0.311 e. The Hall–Kier alpha value is -1.82. The van der Waals surface area contributed by atoms with Crippen molar-refractivity contribution in [3.8, 4) is 5.69 Å². The number of aryl methyl sites for hydroxylation is 1. The van der Waals surface area contributed by atoms with Crippen molar-refractivity contribution in [2.45, 2.75) is 32.5 Å². The molecule has 1 aliphatic heterocycles. The van der Waals surface area contributed by atoms with Crippen LogP contribution < -0.4 is 5.32 Å². The number of rotatable bonds is 2. The zero-order valence-corrected chi connectivity index (χ0v) is 11.7. The first-order chi connectivity index (χ1) is 10.0. The van der Waals surface area contributed by atoms with E-state index in [4.69, 9.17) is 0 Å². The molecule has 0 saturated carbocycles. The van der Waals surface area contributed by atoms with E-state index in [2.05, 4.69) is 10.3 Å². The summed E-state index contributed by atoms with van der Waals surface area (Å²) in [6.45, 7) is 3.04. The largest absolute Gasteiger partial charge is 0.450 e. The second-order valence-corrected chi connectivity index (χ2v) is 5.11. The van der Waals surface area contributed by atoms with E-state index in [9.17, 15) is 13.2 Å². The fourth-order valence-corrected chi connectivity index (χ4v) is 2.69. The third-order valence-corrected chi connectivity index (χ3v) is 3.72. The van der Waals surface area contributed by atoms with Gasteiger partial charge >= 0.3 is 6.18 Å². The van der Waals surface area contributed by atoms with E-state index >= 15 is 0 Å². The Balaban J connectivity index is 2.21. The molecular formula is C15H16F3N3. The van der Waals surface area contributed by atoms with Crippen LogP contribution in [0.2, 0.25) is 0 Å². The van der Waals surface area contributed by atoms with Gasteiger partial charge in [0.25, 0.3) is 0 Å². The highest BCUT2D eigenvalue weighted by atomic mass is 19.4. The number of alkyl halides is 3. The Labute approximate surface area is 120 Å². The van der Waals surface area contributed by atoms with Gasteiger partial charge in [0.05, 0.1) is 5.69 Å². The van der Waals surface area contributed by atoms with Gasteiger partial charge in [-0.2, -0.15) is 13.2 Å². The van der Waals surface area contributed by atoms with Crippen LogP contribution in [-0.4, -0.2) is 16.1 Å². The smallest absolute Gasteiger partial charge is 0.311 e. The molecule has 112 valence electrons. The molecule has 0 aliphatic carbocycles. The molecule has 0 amide bonds. The summed E-state index contributed by atoms with van der Waals surface area (Å²) in [5.41, 5.74) is 2.71. The van der Waals surface area contributed by atoms with Crippen molar-refractivity contribution in [2.75, 3.05) is 6.54 Å². The third kappa shape index (κ3) is 2.55. The van der Waals surface area contributed by atoms with E-state index in [1.165, 1.54) is 4.57 Å². The van der Waals surface area contributed by atoms with Gasteiger partial charge in [0.1, 0.15) is 0 Å².